The molecule has 7 heteroatoms. The number of hydrogen-bond donors (Lipinski definition) is 1. The summed E-state index contributed by atoms with van der Waals surface area (Å²) < 4.78 is 16.8. The van der Waals surface area contributed by atoms with Gasteiger partial charge in [-0.1, -0.05) is 0 Å². The molecule has 0 fully saturated rings. The lowest BCUT2D eigenvalue weighted by Crippen LogP contribution is -2.13. The fourth-order valence-corrected chi connectivity index (χ4v) is 2.86. The maximum absolute atomic E-state index is 12.7. The Kier molecular flexibility index (Phi) is 6.73. The number of amides is 1. The second-order valence-electron chi connectivity index (χ2n) is 7.03. The van der Waals surface area contributed by atoms with Gasteiger partial charge >= 0.3 is 0 Å². The SMILES string of the molecule is COc1cc(C(=O)Nc2ccc(Oc3ncccc3C#N)cc2C)ccc1OC(C)C. The summed E-state index contributed by atoms with van der Waals surface area (Å²) in [5.74, 6) is 1.55. The topological polar surface area (TPSA) is 93.5 Å². The van der Waals surface area contributed by atoms with Crippen molar-refractivity contribution < 1.29 is 19.0 Å². The van der Waals surface area contributed by atoms with Crippen molar-refractivity contribution in [1.82, 2.24) is 4.98 Å². The number of nitrogens with zero attached hydrogens (tertiary/aromatic N) is 2. The minimum Gasteiger partial charge on any atom is -0.493 e. The Labute approximate surface area is 181 Å². The summed E-state index contributed by atoms with van der Waals surface area (Å²) in [5, 5.41) is 12.1. The molecule has 0 unspecified atom stereocenters. The summed E-state index contributed by atoms with van der Waals surface area (Å²) in [4.78, 5) is 16.8. The van der Waals surface area contributed by atoms with Crippen LogP contribution >= 0.6 is 0 Å². The molecule has 0 spiro atoms. The smallest absolute Gasteiger partial charge is 0.255 e. The maximum Gasteiger partial charge on any atom is 0.255 e. The number of carbonyl (C=O) groups excluding carboxylic acids is 1. The monoisotopic (exact) mass is 417 g/mol. The number of pyridine rings is 1. The molecule has 7 nitrogen and oxygen atoms in total. The van der Waals surface area contributed by atoms with Crippen LogP contribution in [-0.4, -0.2) is 24.1 Å². The summed E-state index contributed by atoms with van der Waals surface area (Å²) in [6.45, 7) is 5.70. The zero-order chi connectivity index (χ0) is 22.4. The average molecular weight is 417 g/mol. The summed E-state index contributed by atoms with van der Waals surface area (Å²) in [6.07, 6.45) is 1.55. The van der Waals surface area contributed by atoms with Crippen LogP contribution in [0, 0.1) is 18.3 Å². The molecule has 0 radical (unpaired) electrons. The van der Waals surface area contributed by atoms with Gasteiger partial charge < -0.3 is 19.5 Å². The number of aryl methyl sites for hydroxylation is 1. The number of rotatable bonds is 7. The van der Waals surface area contributed by atoms with Crippen LogP contribution in [0.2, 0.25) is 0 Å². The number of aromatic nitrogens is 1. The molecule has 0 aliphatic carbocycles. The standard InChI is InChI=1S/C24H23N3O4/c1-15(2)30-21-10-7-17(13-22(21)29-4)23(28)27-20-9-8-19(12-16(20)3)31-24-18(14-25)6-5-11-26-24/h5-13,15H,1-4H3,(H,27,28). The minimum atomic E-state index is -0.275. The van der Waals surface area contributed by atoms with Gasteiger partial charge in [-0.3, -0.25) is 4.79 Å². The number of methoxy groups -OCH3 is 1. The Morgan fingerprint density at radius 2 is 1.94 bits per heavy atom. The average Bonchev–Trinajstić information content (AvgIpc) is 2.75. The molecule has 0 atom stereocenters. The van der Waals surface area contributed by atoms with E-state index in [-0.39, 0.29) is 17.9 Å². The molecule has 1 aromatic heterocycles. The highest BCUT2D eigenvalue weighted by Crippen LogP contribution is 2.30. The highest BCUT2D eigenvalue weighted by Gasteiger charge is 2.14. The highest BCUT2D eigenvalue weighted by atomic mass is 16.5. The molecule has 1 heterocycles. The molecule has 3 rings (SSSR count). The van der Waals surface area contributed by atoms with Crippen molar-refractivity contribution >= 4 is 11.6 Å². The van der Waals surface area contributed by atoms with E-state index >= 15 is 0 Å². The van der Waals surface area contributed by atoms with Crippen LogP contribution < -0.4 is 19.5 Å². The van der Waals surface area contributed by atoms with Crippen molar-refractivity contribution in [2.75, 3.05) is 12.4 Å². The van der Waals surface area contributed by atoms with E-state index in [0.29, 0.717) is 34.1 Å². The second kappa shape index (κ2) is 9.63. The van der Waals surface area contributed by atoms with Gasteiger partial charge in [-0.05, 0) is 74.9 Å². The molecule has 1 amide bonds. The summed E-state index contributed by atoms with van der Waals surface area (Å²) in [6, 6.07) is 15.6. The Balaban J connectivity index is 1.76. The number of ether oxygens (including phenoxy) is 3. The number of hydrogen-bond acceptors (Lipinski definition) is 6. The minimum absolute atomic E-state index is 0.00714. The van der Waals surface area contributed by atoms with Crippen molar-refractivity contribution in [2.45, 2.75) is 26.9 Å². The van der Waals surface area contributed by atoms with Gasteiger partial charge in [-0.2, -0.15) is 5.26 Å². The van der Waals surface area contributed by atoms with Gasteiger partial charge in [0, 0.05) is 17.4 Å². The molecular weight excluding hydrogens is 394 g/mol. The van der Waals surface area contributed by atoms with E-state index in [4.69, 9.17) is 19.5 Å². The third kappa shape index (κ3) is 5.31. The lowest BCUT2D eigenvalue weighted by atomic mass is 10.1. The molecule has 2 aromatic carbocycles. The Morgan fingerprint density at radius 1 is 1.13 bits per heavy atom. The van der Waals surface area contributed by atoms with Crippen LogP contribution in [0.3, 0.4) is 0 Å². The fraction of sp³-hybridized carbons (Fsp3) is 0.208. The van der Waals surface area contributed by atoms with Crippen LogP contribution in [0.1, 0.15) is 35.3 Å². The van der Waals surface area contributed by atoms with E-state index in [1.54, 1.807) is 54.7 Å². The number of benzene rings is 2. The molecule has 0 aliphatic heterocycles. The molecule has 1 N–H and O–H groups in total. The Bertz CT molecular complexity index is 1140. The fourth-order valence-electron chi connectivity index (χ4n) is 2.86. The lowest BCUT2D eigenvalue weighted by Gasteiger charge is -2.15. The maximum atomic E-state index is 12.7. The van der Waals surface area contributed by atoms with E-state index in [1.807, 2.05) is 26.8 Å². The van der Waals surface area contributed by atoms with Crippen LogP contribution in [0.4, 0.5) is 5.69 Å². The zero-order valence-corrected chi connectivity index (χ0v) is 17.8. The van der Waals surface area contributed by atoms with Crippen molar-refractivity contribution in [3.63, 3.8) is 0 Å². The number of anilines is 1. The quantitative estimate of drug-likeness (QED) is 0.575. The normalized spacial score (nSPS) is 10.3. The number of nitriles is 1. The van der Waals surface area contributed by atoms with Crippen LogP contribution in [0.25, 0.3) is 0 Å². The summed E-state index contributed by atoms with van der Waals surface area (Å²) >= 11 is 0. The van der Waals surface area contributed by atoms with Crippen molar-refractivity contribution in [1.29, 1.82) is 5.26 Å². The van der Waals surface area contributed by atoms with Gasteiger partial charge in [0.25, 0.3) is 5.91 Å². The predicted molar refractivity (Wildman–Crippen MR) is 117 cm³/mol. The third-order valence-corrected chi connectivity index (χ3v) is 4.34. The van der Waals surface area contributed by atoms with Crippen molar-refractivity contribution in [2.24, 2.45) is 0 Å². The molecular formula is C24H23N3O4. The first kappa shape index (κ1) is 21.7. The van der Waals surface area contributed by atoms with E-state index in [9.17, 15) is 4.79 Å². The van der Waals surface area contributed by atoms with Gasteiger partial charge in [0.2, 0.25) is 5.88 Å². The van der Waals surface area contributed by atoms with Gasteiger partial charge in [0.05, 0.1) is 13.2 Å². The molecule has 3 aromatic rings. The number of nitrogens with one attached hydrogen (secondary N) is 1. The van der Waals surface area contributed by atoms with Crippen molar-refractivity contribution in [3.05, 3.63) is 71.4 Å². The first-order chi connectivity index (χ1) is 14.9. The number of carbonyl (C=O) groups is 1. The summed E-state index contributed by atoms with van der Waals surface area (Å²) in [5.41, 5.74) is 2.23. The van der Waals surface area contributed by atoms with Crippen molar-refractivity contribution in [3.8, 4) is 29.2 Å². The van der Waals surface area contributed by atoms with Gasteiger partial charge in [-0.25, -0.2) is 4.98 Å². The van der Waals surface area contributed by atoms with E-state index < -0.39 is 0 Å². The Hall–Kier alpha value is -4.05. The highest BCUT2D eigenvalue weighted by molar-refractivity contribution is 6.05. The molecule has 0 aliphatic rings. The van der Waals surface area contributed by atoms with Crippen LogP contribution in [0.5, 0.6) is 23.1 Å². The molecule has 0 saturated carbocycles. The summed E-state index contributed by atoms with van der Waals surface area (Å²) in [7, 11) is 1.53. The predicted octanol–water partition coefficient (Wildman–Crippen LogP) is 5.10. The van der Waals surface area contributed by atoms with Gasteiger partial charge in [0.15, 0.2) is 11.5 Å². The zero-order valence-electron chi connectivity index (χ0n) is 17.8. The first-order valence-corrected chi connectivity index (χ1v) is 9.71. The largest absolute Gasteiger partial charge is 0.493 e. The van der Waals surface area contributed by atoms with Gasteiger partial charge in [-0.15, -0.1) is 0 Å². The van der Waals surface area contributed by atoms with Gasteiger partial charge in [0.1, 0.15) is 17.4 Å². The third-order valence-electron chi connectivity index (χ3n) is 4.34. The molecule has 0 bridgehead atoms. The molecule has 31 heavy (non-hydrogen) atoms. The Morgan fingerprint density at radius 3 is 2.61 bits per heavy atom. The van der Waals surface area contributed by atoms with Crippen LogP contribution in [-0.2, 0) is 0 Å². The second-order valence-corrected chi connectivity index (χ2v) is 7.03. The van der Waals surface area contributed by atoms with Crippen LogP contribution in [0.15, 0.2) is 54.7 Å². The van der Waals surface area contributed by atoms with E-state index in [0.717, 1.165) is 5.56 Å². The van der Waals surface area contributed by atoms with E-state index in [2.05, 4.69) is 10.3 Å². The van der Waals surface area contributed by atoms with E-state index in [1.165, 1.54) is 7.11 Å². The first-order valence-electron chi connectivity index (χ1n) is 9.71. The molecule has 158 valence electrons. The molecule has 0 saturated heterocycles. The lowest BCUT2D eigenvalue weighted by molar-refractivity contribution is 0.102.